The van der Waals surface area contributed by atoms with Crippen molar-refractivity contribution < 1.29 is 14.4 Å². The zero-order valence-corrected chi connectivity index (χ0v) is 14.2. The zero-order chi connectivity index (χ0) is 17.4. The van der Waals surface area contributed by atoms with Gasteiger partial charge in [0.05, 0.1) is 5.69 Å². The molecule has 1 fully saturated rings. The lowest BCUT2D eigenvalue weighted by molar-refractivity contribution is 0.0652. The fourth-order valence-electron chi connectivity index (χ4n) is 3.66. The summed E-state index contributed by atoms with van der Waals surface area (Å²) in [6.45, 7) is 4.97. The monoisotopic (exact) mass is 339 g/mol. The minimum Gasteiger partial charge on any atom is -0.475 e. The lowest BCUT2D eigenvalue weighted by Crippen LogP contribution is -2.32. The van der Waals surface area contributed by atoms with Gasteiger partial charge in [-0.25, -0.2) is 4.79 Å². The Kier molecular flexibility index (Phi) is 4.05. The van der Waals surface area contributed by atoms with E-state index in [9.17, 15) is 4.79 Å². The van der Waals surface area contributed by atoms with Gasteiger partial charge in [0.1, 0.15) is 0 Å². The first kappa shape index (κ1) is 15.9. The average Bonchev–Trinajstić information content (AvgIpc) is 3.23. The molecule has 1 aromatic carbocycles. The molecule has 4 rings (SSSR count). The highest BCUT2D eigenvalue weighted by atomic mass is 16.5. The van der Waals surface area contributed by atoms with Gasteiger partial charge in [-0.05, 0) is 50.6 Å². The summed E-state index contributed by atoms with van der Waals surface area (Å²) in [5, 5.41) is 14.2. The standard InChI is InChI=1S/C19H21N3O3/c1-12-3-2-4-16-15(12)9-14(20-16)11-22-7-5-13(6-8-22)17-10-18(19(23)24)25-21-17/h2-4,9-10,13,20H,5-8,11H2,1H3,(H,23,24). The Morgan fingerprint density at radius 3 is 2.84 bits per heavy atom. The molecule has 130 valence electrons. The van der Waals surface area contributed by atoms with Crippen LogP contribution in [0.25, 0.3) is 10.9 Å². The summed E-state index contributed by atoms with van der Waals surface area (Å²) in [6.07, 6.45) is 1.93. The third kappa shape index (κ3) is 3.17. The number of carbonyl (C=O) groups is 1. The molecule has 0 radical (unpaired) electrons. The van der Waals surface area contributed by atoms with Crippen LogP contribution in [0.2, 0.25) is 0 Å². The van der Waals surface area contributed by atoms with Gasteiger partial charge in [0, 0.05) is 35.1 Å². The molecule has 0 unspecified atom stereocenters. The van der Waals surface area contributed by atoms with E-state index in [1.165, 1.54) is 22.2 Å². The number of aromatic amines is 1. The summed E-state index contributed by atoms with van der Waals surface area (Å²) < 4.78 is 4.88. The van der Waals surface area contributed by atoms with Gasteiger partial charge in [0.2, 0.25) is 5.76 Å². The van der Waals surface area contributed by atoms with Gasteiger partial charge in [-0.2, -0.15) is 0 Å². The third-order valence-corrected chi connectivity index (χ3v) is 5.08. The molecule has 6 nitrogen and oxygen atoms in total. The molecule has 0 spiro atoms. The van der Waals surface area contributed by atoms with Crippen LogP contribution in [0.15, 0.2) is 34.9 Å². The number of carboxylic acids is 1. The quantitative estimate of drug-likeness (QED) is 0.760. The maximum atomic E-state index is 10.9. The molecule has 25 heavy (non-hydrogen) atoms. The molecule has 0 saturated carbocycles. The highest BCUT2D eigenvalue weighted by Crippen LogP contribution is 2.29. The predicted octanol–water partition coefficient (Wildman–Crippen LogP) is 3.54. The summed E-state index contributed by atoms with van der Waals surface area (Å²) in [4.78, 5) is 16.8. The smallest absolute Gasteiger partial charge is 0.374 e. The summed E-state index contributed by atoms with van der Waals surface area (Å²) in [6, 6.07) is 10.1. The number of nitrogens with zero attached hydrogens (tertiary/aromatic N) is 2. The fourth-order valence-corrected chi connectivity index (χ4v) is 3.66. The first-order valence-electron chi connectivity index (χ1n) is 8.59. The Labute approximate surface area is 145 Å². The number of carboxylic acid groups (broad SMARTS) is 1. The summed E-state index contributed by atoms with van der Waals surface area (Å²) in [5.74, 6) is -0.866. The number of rotatable bonds is 4. The Balaban J connectivity index is 1.39. The molecule has 3 aromatic rings. The summed E-state index contributed by atoms with van der Waals surface area (Å²) in [5.41, 5.74) is 4.48. The molecule has 6 heteroatoms. The van der Waals surface area contributed by atoms with Crippen LogP contribution in [0.3, 0.4) is 0 Å². The molecule has 1 saturated heterocycles. The number of aromatic nitrogens is 2. The van der Waals surface area contributed by atoms with Gasteiger partial charge in [-0.1, -0.05) is 17.3 Å². The largest absolute Gasteiger partial charge is 0.475 e. The molecule has 0 amide bonds. The van der Waals surface area contributed by atoms with E-state index in [1.807, 2.05) is 0 Å². The second-order valence-electron chi connectivity index (χ2n) is 6.80. The number of aromatic carboxylic acids is 1. The van der Waals surface area contributed by atoms with Crippen molar-refractivity contribution >= 4 is 16.9 Å². The van der Waals surface area contributed by atoms with Crippen LogP contribution in [0.1, 0.15) is 46.3 Å². The van der Waals surface area contributed by atoms with Crippen LogP contribution in [-0.4, -0.2) is 39.2 Å². The summed E-state index contributed by atoms with van der Waals surface area (Å²) >= 11 is 0. The second-order valence-corrected chi connectivity index (χ2v) is 6.80. The molecule has 1 aliphatic rings. The van der Waals surface area contributed by atoms with Crippen LogP contribution < -0.4 is 0 Å². The van der Waals surface area contributed by atoms with Gasteiger partial charge in [-0.3, -0.25) is 4.90 Å². The Morgan fingerprint density at radius 1 is 1.36 bits per heavy atom. The lowest BCUT2D eigenvalue weighted by Gasteiger charge is -2.30. The third-order valence-electron chi connectivity index (χ3n) is 5.08. The Morgan fingerprint density at radius 2 is 2.16 bits per heavy atom. The normalized spacial score (nSPS) is 16.5. The highest BCUT2D eigenvalue weighted by molar-refractivity contribution is 5.84. The fraction of sp³-hybridized carbons (Fsp3) is 0.368. The van der Waals surface area contributed by atoms with Crippen LogP contribution in [0, 0.1) is 6.92 Å². The number of hydrogen-bond donors (Lipinski definition) is 2. The average molecular weight is 339 g/mol. The van der Waals surface area contributed by atoms with Crippen molar-refractivity contribution in [1.82, 2.24) is 15.0 Å². The highest BCUT2D eigenvalue weighted by Gasteiger charge is 2.24. The van der Waals surface area contributed by atoms with Crippen molar-refractivity contribution in [1.29, 1.82) is 0 Å². The molecular formula is C19H21N3O3. The minimum atomic E-state index is -1.06. The number of aryl methyl sites for hydroxylation is 1. The molecule has 0 bridgehead atoms. The number of fused-ring (bicyclic) bond motifs is 1. The summed E-state index contributed by atoms with van der Waals surface area (Å²) in [7, 11) is 0. The number of likely N-dealkylation sites (tertiary alicyclic amines) is 1. The zero-order valence-electron chi connectivity index (χ0n) is 14.2. The second kappa shape index (κ2) is 6.37. The number of hydrogen-bond acceptors (Lipinski definition) is 4. The maximum Gasteiger partial charge on any atom is 0.374 e. The minimum absolute atomic E-state index is 0.0779. The van der Waals surface area contributed by atoms with Gasteiger partial charge in [-0.15, -0.1) is 0 Å². The first-order valence-corrected chi connectivity index (χ1v) is 8.59. The Bertz CT molecular complexity index is 904. The van der Waals surface area contributed by atoms with Crippen LogP contribution in [0.5, 0.6) is 0 Å². The van der Waals surface area contributed by atoms with Crippen LogP contribution >= 0.6 is 0 Å². The van der Waals surface area contributed by atoms with Gasteiger partial charge in [0.15, 0.2) is 0 Å². The van der Waals surface area contributed by atoms with Crippen molar-refractivity contribution in [2.24, 2.45) is 0 Å². The number of H-pyrrole nitrogens is 1. The first-order chi connectivity index (χ1) is 12.1. The van der Waals surface area contributed by atoms with Crippen molar-refractivity contribution in [2.45, 2.75) is 32.2 Å². The van der Waals surface area contributed by atoms with E-state index in [0.29, 0.717) is 0 Å². The van der Waals surface area contributed by atoms with E-state index >= 15 is 0 Å². The molecule has 0 aliphatic carbocycles. The Hall–Kier alpha value is -2.60. The van der Waals surface area contributed by atoms with E-state index in [1.54, 1.807) is 6.07 Å². The van der Waals surface area contributed by atoms with E-state index in [2.05, 4.69) is 46.2 Å². The van der Waals surface area contributed by atoms with E-state index in [-0.39, 0.29) is 11.7 Å². The van der Waals surface area contributed by atoms with Crippen molar-refractivity contribution in [3.05, 3.63) is 53.0 Å². The van der Waals surface area contributed by atoms with Gasteiger partial charge in [0.25, 0.3) is 0 Å². The molecule has 2 N–H and O–H groups in total. The molecule has 3 heterocycles. The predicted molar refractivity (Wildman–Crippen MR) is 93.8 cm³/mol. The number of benzene rings is 1. The van der Waals surface area contributed by atoms with E-state index in [0.717, 1.165) is 38.2 Å². The lowest BCUT2D eigenvalue weighted by atomic mass is 9.93. The molecular weight excluding hydrogens is 318 g/mol. The topological polar surface area (TPSA) is 82.4 Å². The van der Waals surface area contributed by atoms with Crippen molar-refractivity contribution in [2.75, 3.05) is 13.1 Å². The maximum absolute atomic E-state index is 10.9. The number of nitrogens with one attached hydrogen (secondary N) is 1. The van der Waals surface area contributed by atoms with Crippen LogP contribution in [0.4, 0.5) is 0 Å². The molecule has 1 aliphatic heterocycles. The number of piperidine rings is 1. The van der Waals surface area contributed by atoms with Crippen LogP contribution in [-0.2, 0) is 6.54 Å². The van der Waals surface area contributed by atoms with E-state index in [4.69, 9.17) is 9.63 Å². The van der Waals surface area contributed by atoms with Gasteiger partial charge < -0.3 is 14.6 Å². The molecule has 0 atom stereocenters. The van der Waals surface area contributed by atoms with Crippen molar-refractivity contribution in [3.63, 3.8) is 0 Å². The van der Waals surface area contributed by atoms with E-state index < -0.39 is 5.97 Å². The van der Waals surface area contributed by atoms with Gasteiger partial charge >= 0.3 is 5.97 Å². The molecule has 2 aromatic heterocycles. The SMILES string of the molecule is Cc1cccc2[nH]c(CN3CCC(c4cc(C(=O)O)on4)CC3)cc12. The van der Waals surface area contributed by atoms with Crippen molar-refractivity contribution in [3.8, 4) is 0 Å².